The highest BCUT2D eigenvalue weighted by molar-refractivity contribution is 6.32. The number of hydrogen-bond acceptors (Lipinski definition) is 3. The zero-order chi connectivity index (χ0) is 13.4. The maximum atomic E-state index is 12.4. The number of aromatic nitrogens is 3. The van der Waals surface area contributed by atoms with Gasteiger partial charge in [-0.2, -0.15) is 5.10 Å². The maximum Gasteiger partial charge on any atom is 0.196 e. The molecule has 2 heterocycles. The smallest absolute Gasteiger partial charge is 0.196 e. The summed E-state index contributed by atoms with van der Waals surface area (Å²) in [6.45, 7) is 1.90. The van der Waals surface area contributed by atoms with Crippen molar-refractivity contribution in [3.8, 4) is 0 Å². The molecule has 0 bridgehead atoms. The summed E-state index contributed by atoms with van der Waals surface area (Å²) in [7, 11) is 0. The Bertz CT molecular complexity index is 779. The van der Waals surface area contributed by atoms with Gasteiger partial charge in [-0.05, 0) is 18.6 Å². The largest absolute Gasteiger partial charge is 0.288 e. The SMILES string of the molecule is Cc1ccc(C(=O)c2cnn3ccncc23)cc1Cl. The van der Waals surface area contributed by atoms with Crippen LogP contribution in [-0.4, -0.2) is 20.4 Å². The van der Waals surface area contributed by atoms with Crippen LogP contribution in [0.2, 0.25) is 5.02 Å². The van der Waals surface area contributed by atoms with Gasteiger partial charge >= 0.3 is 0 Å². The minimum atomic E-state index is -0.107. The predicted octanol–water partition coefficient (Wildman–Crippen LogP) is 2.92. The molecule has 0 spiro atoms. The summed E-state index contributed by atoms with van der Waals surface area (Å²) in [6.07, 6.45) is 6.49. The first kappa shape index (κ1) is 11.9. The van der Waals surface area contributed by atoms with E-state index < -0.39 is 0 Å². The van der Waals surface area contributed by atoms with Crippen LogP contribution >= 0.6 is 11.6 Å². The zero-order valence-electron chi connectivity index (χ0n) is 10.2. The standard InChI is InChI=1S/C14H10ClN3O/c1-9-2-3-10(6-12(9)15)14(19)11-7-17-18-5-4-16-8-13(11)18/h2-8H,1H3. The van der Waals surface area contributed by atoms with Gasteiger partial charge in [0.25, 0.3) is 0 Å². The van der Waals surface area contributed by atoms with E-state index in [1.165, 1.54) is 0 Å². The van der Waals surface area contributed by atoms with Crippen molar-refractivity contribution in [2.75, 3.05) is 0 Å². The number of hydrogen-bond donors (Lipinski definition) is 0. The first-order chi connectivity index (χ1) is 9.16. The fourth-order valence-electron chi connectivity index (χ4n) is 1.90. The van der Waals surface area contributed by atoms with Crippen LogP contribution in [0.15, 0.2) is 43.0 Å². The first-order valence-corrected chi connectivity index (χ1v) is 6.13. The van der Waals surface area contributed by atoms with Crippen LogP contribution < -0.4 is 0 Å². The highest BCUT2D eigenvalue weighted by Gasteiger charge is 2.15. The van der Waals surface area contributed by atoms with Crippen LogP contribution in [0.4, 0.5) is 0 Å². The summed E-state index contributed by atoms with van der Waals surface area (Å²) in [5, 5.41) is 4.71. The van der Waals surface area contributed by atoms with E-state index in [0.717, 1.165) is 5.56 Å². The molecular formula is C14H10ClN3O. The van der Waals surface area contributed by atoms with Crippen molar-refractivity contribution in [2.24, 2.45) is 0 Å². The third-order valence-corrected chi connectivity index (χ3v) is 3.41. The molecule has 0 atom stereocenters. The van der Waals surface area contributed by atoms with Crippen molar-refractivity contribution in [1.29, 1.82) is 0 Å². The number of fused-ring (bicyclic) bond motifs is 1. The highest BCUT2D eigenvalue weighted by Crippen LogP contribution is 2.20. The Hall–Kier alpha value is -2.20. The van der Waals surface area contributed by atoms with Gasteiger partial charge in [0.05, 0.1) is 23.5 Å². The first-order valence-electron chi connectivity index (χ1n) is 5.75. The average molecular weight is 272 g/mol. The van der Waals surface area contributed by atoms with Gasteiger partial charge in [-0.1, -0.05) is 23.7 Å². The molecule has 94 valence electrons. The second kappa shape index (κ2) is 4.48. The van der Waals surface area contributed by atoms with Gasteiger partial charge in [-0.15, -0.1) is 0 Å². The van der Waals surface area contributed by atoms with E-state index in [2.05, 4.69) is 10.1 Å². The molecule has 0 radical (unpaired) electrons. The van der Waals surface area contributed by atoms with Crippen molar-refractivity contribution in [1.82, 2.24) is 14.6 Å². The monoisotopic (exact) mass is 271 g/mol. The molecule has 3 rings (SSSR count). The minimum absolute atomic E-state index is 0.107. The highest BCUT2D eigenvalue weighted by atomic mass is 35.5. The van der Waals surface area contributed by atoms with E-state index in [-0.39, 0.29) is 5.78 Å². The molecule has 0 N–H and O–H groups in total. The lowest BCUT2D eigenvalue weighted by Crippen LogP contribution is -2.01. The molecule has 19 heavy (non-hydrogen) atoms. The van der Waals surface area contributed by atoms with Gasteiger partial charge in [0, 0.05) is 23.0 Å². The van der Waals surface area contributed by atoms with Gasteiger partial charge < -0.3 is 0 Å². The molecular weight excluding hydrogens is 262 g/mol. The molecule has 2 aromatic heterocycles. The molecule has 0 saturated carbocycles. The molecule has 0 fully saturated rings. The second-order valence-corrected chi connectivity index (χ2v) is 4.66. The van der Waals surface area contributed by atoms with Crippen molar-refractivity contribution in [3.05, 3.63) is 64.7 Å². The quantitative estimate of drug-likeness (QED) is 0.673. The summed E-state index contributed by atoms with van der Waals surface area (Å²) in [5.74, 6) is -0.107. The van der Waals surface area contributed by atoms with E-state index in [0.29, 0.717) is 21.7 Å². The number of ketones is 1. The molecule has 0 saturated heterocycles. The zero-order valence-corrected chi connectivity index (χ0v) is 10.9. The van der Waals surface area contributed by atoms with E-state index in [1.54, 1.807) is 41.4 Å². The third kappa shape index (κ3) is 2.00. The number of benzene rings is 1. The molecule has 3 aromatic rings. The summed E-state index contributed by atoms with van der Waals surface area (Å²) in [4.78, 5) is 16.5. The Morgan fingerprint density at radius 3 is 2.95 bits per heavy atom. The van der Waals surface area contributed by atoms with Crippen LogP contribution in [0, 0.1) is 6.92 Å². The normalized spacial score (nSPS) is 10.8. The topological polar surface area (TPSA) is 47.3 Å². The summed E-state index contributed by atoms with van der Waals surface area (Å²) >= 11 is 6.05. The van der Waals surface area contributed by atoms with Crippen molar-refractivity contribution < 1.29 is 4.79 Å². The number of carbonyl (C=O) groups excluding carboxylic acids is 1. The van der Waals surface area contributed by atoms with E-state index >= 15 is 0 Å². The molecule has 4 nitrogen and oxygen atoms in total. The van der Waals surface area contributed by atoms with Crippen molar-refractivity contribution in [3.63, 3.8) is 0 Å². The van der Waals surface area contributed by atoms with Crippen molar-refractivity contribution >= 4 is 22.9 Å². The van der Waals surface area contributed by atoms with Gasteiger partial charge in [0.1, 0.15) is 0 Å². The van der Waals surface area contributed by atoms with E-state index in [4.69, 9.17) is 11.6 Å². The maximum absolute atomic E-state index is 12.4. The van der Waals surface area contributed by atoms with E-state index in [1.807, 2.05) is 13.0 Å². The molecule has 0 aliphatic heterocycles. The number of carbonyl (C=O) groups is 1. The Morgan fingerprint density at radius 2 is 2.16 bits per heavy atom. The van der Waals surface area contributed by atoms with Crippen molar-refractivity contribution in [2.45, 2.75) is 6.92 Å². The molecule has 0 unspecified atom stereocenters. The number of aryl methyl sites for hydroxylation is 1. The average Bonchev–Trinajstić information content (AvgIpc) is 2.85. The summed E-state index contributed by atoms with van der Waals surface area (Å²) in [5.41, 5.74) is 2.70. The molecule has 5 heteroatoms. The number of rotatable bonds is 2. The lowest BCUT2D eigenvalue weighted by Gasteiger charge is -2.02. The Kier molecular flexibility index (Phi) is 2.80. The Labute approximate surface area is 114 Å². The van der Waals surface area contributed by atoms with E-state index in [9.17, 15) is 4.79 Å². The number of halogens is 1. The summed E-state index contributed by atoms with van der Waals surface area (Å²) < 4.78 is 1.62. The van der Waals surface area contributed by atoms with Gasteiger partial charge in [-0.3, -0.25) is 9.78 Å². The van der Waals surface area contributed by atoms with Crippen LogP contribution in [-0.2, 0) is 0 Å². The molecule has 1 aromatic carbocycles. The lowest BCUT2D eigenvalue weighted by atomic mass is 10.0. The second-order valence-electron chi connectivity index (χ2n) is 4.26. The van der Waals surface area contributed by atoms with Crippen LogP contribution in [0.5, 0.6) is 0 Å². The minimum Gasteiger partial charge on any atom is -0.288 e. The van der Waals surface area contributed by atoms with Crippen LogP contribution in [0.25, 0.3) is 5.52 Å². The summed E-state index contributed by atoms with van der Waals surface area (Å²) in [6, 6.07) is 5.28. The fraction of sp³-hybridized carbons (Fsp3) is 0.0714. The number of nitrogens with zero attached hydrogens (tertiary/aromatic N) is 3. The van der Waals surface area contributed by atoms with Gasteiger partial charge in [0.2, 0.25) is 0 Å². The van der Waals surface area contributed by atoms with Crippen LogP contribution in [0.1, 0.15) is 21.5 Å². The molecule has 0 aliphatic carbocycles. The molecule has 0 amide bonds. The fourth-order valence-corrected chi connectivity index (χ4v) is 2.08. The molecule has 0 aliphatic rings. The van der Waals surface area contributed by atoms with Gasteiger partial charge in [-0.25, -0.2) is 4.52 Å². The lowest BCUT2D eigenvalue weighted by molar-refractivity contribution is 0.104. The Balaban J connectivity index is 2.11. The van der Waals surface area contributed by atoms with Gasteiger partial charge in [0.15, 0.2) is 5.78 Å². The predicted molar refractivity (Wildman–Crippen MR) is 72.6 cm³/mol. The Morgan fingerprint density at radius 1 is 1.32 bits per heavy atom. The van der Waals surface area contributed by atoms with Crippen LogP contribution in [0.3, 0.4) is 0 Å². The third-order valence-electron chi connectivity index (χ3n) is 3.00.